The van der Waals surface area contributed by atoms with Crippen LogP contribution >= 0.6 is 11.8 Å². The molecular weight excluding hydrogens is 288 g/mol. The second-order valence-electron chi connectivity index (χ2n) is 4.89. The van der Waals surface area contributed by atoms with E-state index >= 15 is 0 Å². The number of carboxylic acids is 1. The fourth-order valence-corrected chi connectivity index (χ4v) is 2.85. The van der Waals surface area contributed by atoms with E-state index in [1.54, 1.807) is 42.8 Å². The number of carbonyl (C=O) groups is 2. The predicted molar refractivity (Wildman–Crippen MR) is 87.4 cm³/mol. The number of benzene rings is 1. The van der Waals surface area contributed by atoms with E-state index in [0.29, 0.717) is 11.3 Å². The number of amides is 2. The lowest BCUT2D eigenvalue weighted by Crippen LogP contribution is -2.41. The van der Waals surface area contributed by atoms with Crippen LogP contribution in [0.25, 0.3) is 0 Å². The summed E-state index contributed by atoms with van der Waals surface area (Å²) in [5.41, 5.74) is 1.36. The van der Waals surface area contributed by atoms with Crippen molar-refractivity contribution in [1.29, 1.82) is 0 Å². The van der Waals surface area contributed by atoms with Crippen LogP contribution < -0.4 is 5.32 Å². The first-order valence-corrected chi connectivity index (χ1v) is 8.16. The molecule has 0 radical (unpaired) electrons. The van der Waals surface area contributed by atoms with Gasteiger partial charge in [-0.1, -0.05) is 13.0 Å². The molecule has 2 N–H and O–H groups in total. The summed E-state index contributed by atoms with van der Waals surface area (Å²) in [5.74, 6) is -0.125. The Hall–Kier alpha value is -1.69. The minimum absolute atomic E-state index is 0.157. The van der Waals surface area contributed by atoms with Gasteiger partial charge in [0.15, 0.2) is 0 Å². The number of urea groups is 1. The number of hydrogen-bond acceptors (Lipinski definition) is 3. The number of aryl methyl sites for hydroxylation is 1. The second-order valence-corrected chi connectivity index (χ2v) is 5.80. The van der Waals surface area contributed by atoms with Crippen LogP contribution in [0.15, 0.2) is 18.2 Å². The average Bonchev–Trinajstić information content (AvgIpc) is 2.45. The van der Waals surface area contributed by atoms with Gasteiger partial charge in [-0.3, -0.25) is 0 Å². The van der Waals surface area contributed by atoms with Gasteiger partial charge in [-0.15, -0.1) is 0 Å². The molecule has 1 rings (SSSR count). The molecule has 0 bridgehead atoms. The van der Waals surface area contributed by atoms with Crippen molar-refractivity contribution in [3.63, 3.8) is 0 Å². The lowest BCUT2D eigenvalue weighted by atomic mass is 10.1. The molecular formula is C15H22N2O3S. The minimum Gasteiger partial charge on any atom is -0.478 e. The number of nitrogens with zero attached hydrogens (tertiary/aromatic N) is 1. The number of carbonyl (C=O) groups excluding carboxylic acids is 1. The van der Waals surface area contributed by atoms with Crippen LogP contribution in [0, 0.1) is 6.92 Å². The first-order valence-electron chi connectivity index (χ1n) is 6.77. The molecule has 0 heterocycles. The molecule has 6 heteroatoms. The van der Waals surface area contributed by atoms with E-state index in [1.807, 2.05) is 13.2 Å². The fourth-order valence-electron chi connectivity index (χ4n) is 2.00. The highest BCUT2D eigenvalue weighted by molar-refractivity contribution is 7.98. The zero-order chi connectivity index (χ0) is 16.0. The standard InChI is InChI=1S/C15H22N2O3S/c1-5-12(9-21-4)17(3)15(20)16-11-7-6-10(2)13(8-11)14(18)19/h6-8,12H,5,9H2,1-4H3,(H,16,20)(H,18,19). The van der Waals surface area contributed by atoms with Gasteiger partial charge < -0.3 is 15.3 Å². The number of nitrogens with one attached hydrogen (secondary N) is 1. The van der Waals surface area contributed by atoms with Crippen LogP contribution in [-0.2, 0) is 0 Å². The van der Waals surface area contributed by atoms with Crippen molar-refractivity contribution in [2.24, 2.45) is 0 Å². The monoisotopic (exact) mass is 310 g/mol. The first kappa shape index (κ1) is 17.4. The van der Waals surface area contributed by atoms with Gasteiger partial charge in [0.25, 0.3) is 0 Å². The summed E-state index contributed by atoms with van der Waals surface area (Å²) in [7, 11) is 1.76. The second kappa shape index (κ2) is 7.93. The molecule has 1 aromatic carbocycles. The van der Waals surface area contributed by atoms with Gasteiger partial charge in [-0.05, 0) is 37.3 Å². The number of hydrogen-bond donors (Lipinski definition) is 2. The zero-order valence-corrected chi connectivity index (χ0v) is 13.7. The number of anilines is 1. The molecule has 0 aliphatic carbocycles. The molecule has 1 aromatic rings. The lowest BCUT2D eigenvalue weighted by molar-refractivity contribution is 0.0696. The van der Waals surface area contributed by atoms with Gasteiger partial charge in [-0.25, -0.2) is 9.59 Å². The molecule has 0 aliphatic heterocycles. The smallest absolute Gasteiger partial charge is 0.336 e. The third-order valence-corrected chi connectivity index (χ3v) is 4.14. The van der Waals surface area contributed by atoms with Crippen LogP contribution in [0.5, 0.6) is 0 Å². The van der Waals surface area contributed by atoms with Crippen molar-refractivity contribution in [2.45, 2.75) is 26.3 Å². The van der Waals surface area contributed by atoms with Gasteiger partial charge >= 0.3 is 12.0 Å². The maximum atomic E-state index is 12.2. The normalized spacial score (nSPS) is 11.8. The summed E-state index contributed by atoms with van der Waals surface area (Å²) in [6.45, 7) is 3.77. The van der Waals surface area contributed by atoms with Crippen LogP contribution in [0.1, 0.15) is 29.3 Å². The Labute approximate surface area is 129 Å². The van der Waals surface area contributed by atoms with Crippen molar-refractivity contribution in [3.05, 3.63) is 29.3 Å². The molecule has 2 amide bonds. The molecule has 0 saturated heterocycles. The van der Waals surface area contributed by atoms with E-state index < -0.39 is 5.97 Å². The summed E-state index contributed by atoms with van der Waals surface area (Å²) in [6.07, 6.45) is 2.88. The van der Waals surface area contributed by atoms with Crippen molar-refractivity contribution in [1.82, 2.24) is 4.90 Å². The Morgan fingerprint density at radius 2 is 2.10 bits per heavy atom. The average molecular weight is 310 g/mol. The molecule has 0 aromatic heterocycles. The molecule has 21 heavy (non-hydrogen) atoms. The number of carboxylic acid groups (broad SMARTS) is 1. The Morgan fingerprint density at radius 1 is 1.43 bits per heavy atom. The van der Waals surface area contributed by atoms with Gasteiger partial charge in [0, 0.05) is 24.5 Å². The maximum absolute atomic E-state index is 12.2. The van der Waals surface area contributed by atoms with Gasteiger partial charge in [0.1, 0.15) is 0 Å². The zero-order valence-electron chi connectivity index (χ0n) is 12.8. The van der Waals surface area contributed by atoms with E-state index in [9.17, 15) is 9.59 Å². The molecule has 0 saturated carbocycles. The van der Waals surface area contributed by atoms with Crippen LogP contribution in [0.4, 0.5) is 10.5 Å². The van der Waals surface area contributed by atoms with Crippen LogP contribution in [-0.4, -0.2) is 47.1 Å². The summed E-state index contributed by atoms with van der Waals surface area (Å²) in [4.78, 5) is 25.0. The molecule has 0 fully saturated rings. The topological polar surface area (TPSA) is 69.6 Å². The van der Waals surface area contributed by atoms with Gasteiger partial charge in [0.05, 0.1) is 5.56 Å². The Balaban J connectivity index is 2.83. The summed E-state index contributed by atoms with van der Waals surface area (Å²) >= 11 is 1.70. The predicted octanol–water partition coefficient (Wildman–Crippen LogP) is 3.30. The minimum atomic E-state index is -0.995. The maximum Gasteiger partial charge on any atom is 0.336 e. The molecule has 0 spiro atoms. The summed E-state index contributed by atoms with van der Waals surface area (Å²) in [6, 6.07) is 4.82. The van der Waals surface area contributed by atoms with Crippen LogP contribution in [0.3, 0.4) is 0 Å². The van der Waals surface area contributed by atoms with E-state index in [1.165, 1.54) is 6.07 Å². The summed E-state index contributed by atoms with van der Waals surface area (Å²) < 4.78 is 0. The molecule has 0 aliphatic rings. The molecule has 116 valence electrons. The van der Waals surface area contributed by atoms with E-state index in [-0.39, 0.29) is 17.6 Å². The highest BCUT2D eigenvalue weighted by Gasteiger charge is 2.18. The largest absolute Gasteiger partial charge is 0.478 e. The lowest BCUT2D eigenvalue weighted by Gasteiger charge is -2.27. The Morgan fingerprint density at radius 3 is 2.62 bits per heavy atom. The van der Waals surface area contributed by atoms with Gasteiger partial charge in [0.2, 0.25) is 0 Å². The Bertz CT molecular complexity index is 520. The molecule has 5 nitrogen and oxygen atoms in total. The highest BCUT2D eigenvalue weighted by atomic mass is 32.2. The van der Waals surface area contributed by atoms with Crippen molar-refractivity contribution >= 4 is 29.4 Å². The molecule has 1 unspecified atom stereocenters. The SMILES string of the molecule is CCC(CSC)N(C)C(=O)Nc1ccc(C)c(C(=O)O)c1. The van der Waals surface area contributed by atoms with Crippen molar-refractivity contribution in [2.75, 3.05) is 24.4 Å². The van der Waals surface area contributed by atoms with E-state index in [4.69, 9.17) is 5.11 Å². The number of rotatable bonds is 6. The Kier molecular flexibility index (Phi) is 6.55. The fraction of sp³-hybridized carbons (Fsp3) is 0.467. The van der Waals surface area contributed by atoms with E-state index in [0.717, 1.165) is 12.2 Å². The quantitative estimate of drug-likeness (QED) is 0.846. The van der Waals surface area contributed by atoms with Crippen LogP contribution in [0.2, 0.25) is 0 Å². The molecule has 1 atom stereocenters. The summed E-state index contributed by atoms with van der Waals surface area (Å²) in [5, 5.41) is 11.9. The highest BCUT2D eigenvalue weighted by Crippen LogP contribution is 2.17. The van der Waals surface area contributed by atoms with Crippen molar-refractivity contribution in [3.8, 4) is 0 Å². The third kappa shape index (κ3) is 4.67. The third-order valence-electron chi connectivity index (χ3n) is 3.42. The van der Waals surface area contributed by atoms with E-state index in [2.05, 4.69) is 5.32 Å². The van der Waals surface area contributed by atoms with Gasteiger partial charge in [-0.2, -0.15) is 11.8 Å². The van der Waals surface area contributed by atoms with Crippen molar-refractivity contribution < 1.29 is 14.7 Å². The number of aromatic carboxylic acids is 1. The number of thioether (sulfide) groups is 1. The first-order chi connectivity index (χ1) is 9.90.